The quantitative estimate of drug-likeness (QED) is 0.694. The van der Waals surface area contributed by atoms with Crippen molar-refractivity contribution in [2.75, 3.05) is 0 Å². The number of aldehydes is 1. The maximum atomic E-state index is 12.0. The summed E-state index contributed by atoms with van der Waals surface area (Å²) in [6, 6.07) is -0.537. The fraction of sp³-hybridized carbons (Fsp3) is 0.600. The van der Waals surface area contributed by atoms with E-state index in [1.54, 1.807) is 0 Å². The standard InChI is InChI=1S/C10H15N3O2/c1-10(2,3)9(15)8(4-5-14)13-7-11-6-12-13/h5-8H,4H2,1-3H3. The highest BCUT2D eigenvalue weighted by atomic mass is 16.1. The second-order valence-electron chi connectivity index (χ2n) is 4.41. The molecule has 0 bridgehead atoms. The van der Waals surface area contributed by atoms with Gasteiger partial charge in [-0.3, -0.25) is 4.79 Å². The van der Waals surface area contributed by atoms with E-state index in [-0.39, 0.29) is 12.2 Å². The zero-order chi connectivity index (χ0) is 11.5. The summed E-state index contributed by atoms with van der Waals surface area (Å²) in [5.74, 6) is -0.0138. The summed E-state index contributed by atoms with van der Waals surface area (Å²) in [7, 11) is 0. The van der Waals surface area contributed by atoms with E-state index in [1.807, 2.05) is 20.8 Å². The predicted octanol–water partition coefficient (Wildman–Crippen LogP) is 1.02. The van der Waals surface area contributed by atoms with E-state index < -0.39 is 11.5 Å². The lowest BCUT2D eigenvalue weighted by atomic mass is 9.85. The van der Waals surface area contributed by atoms with Crippen LogP contribution in [0.15, 0.2) is 12.7 Å². The van der Waals surface area contributed by atoms with Gasteiger partial charge in [0.05, 0.1) is 0 Å². The van der Waals surface area contributed by atoms with Gasteiger partial charge >= 0.3 is 0 Å². The zero-order valence-corrected chi connectivity index (χ0v) is 9.17. The summed E-state index contributed by atoms with van der Waals surface area (Å²) in [6.07, 6.45) is 3.68. The van der Waals surface area contributed by atoms with Crippen molar-refractivity contribution < 1.29 is 9.59 Å². The molecule has 0 saturated carbocycles. The Hall–Kier alpha value is -1.52. The molecule has 0 fully saturated rings. The Labute approximate surface area is 88.5 Å². The van der Waals surface area contributed by atoms with Gasteiger partial charge in [0.1, 0.15) is 25.0 Å². The first kappa shape index (κ1) is 11.6. The van der Waals surface area contributed by atoms with E-state index in [1.165, 1.54) is 17.3 Å². The minimum Gasteiger partial charge on any atom is -0.303 e. The number of nitrogens with zero attached hydrogens (tertiary/aromatic N) is 3. The molecule has 0 spiro atoms. The lowest BCUT2D eigenvalue weighted by molar-refractivity contribution is -0.131. The van der Waals surface area contributed by atoms with E-state index in [9.17, 15) is 9.59 Å². The molecule has 0 aliphatic carbocycles. The van der Waals surface area contributed by atoms with Crippen molar-refractivity contribution in [3.05, 3.63) is 12.7 Å². The number of carbonyl (C=O) groups excluding carboxylic acids is 2. The first-order valence-electron chi connectivity index (χ1n) is 4.79. The van der Waals surface area contributed by atoms with E-state index in [0.717, 1.165) is 6.29 Å². The number of hydrogen-bond donors (Lipinski definition) is 0. The maximum absolute atomic E-state index is 12.0. The minimum atomic E-state index is -0.537. The highest BCUT2D eigenvalue weighted by Crippen LogP contribution is 2.24. The number of Topliss-reactive ketones (excluding diaryl/α,β-unsaturated/α-hetero) is 1. The predicted molar refractivity (Wildman–Crippen MR) is 54.2 cm³/mol. The van der Waals surface area contributed by atoms with Crippen LogP contribution < -0.4 is 0 Å². The molecule has 1 aromatic heterocycles. The fourth-order valence-electron chi connectivity index (χ4n) is 1.30. The number of hydrogen-bond acceptors (Lipinski definition) is 4. The summed E-state index contributed by atoms with van der Waals surface area (Å²) in [4.78, 5) is 26.3. The second-order valence-corrected chi connectivity index (χ2v) is 4.41. The second kappa shape index (κ2) is 4.33. The molecule has 0 aliphatic rings. The normalized spacial score (nSPS) is 13.5. The highest BCUT2D eigenvalue weighted by molar-refractivity contribution is 5.88. The van der Waals surface area contributed by atoms with Gasteiger partial charge in [-0.2, -0.15) is 5.10 Å². The molecule has 1 rings (SSSR count). The van der Waals surface area contributed by atoms with E-state index in [2.05, 4.69) is 10.1 Å². The Morgan fingerprint density at radius 3 is 2.60 bits per heavy atom. The van der Waals surface area contributed by atoms with Crippen LogP contribution in [-0.4, -0.2) is 26.8 Å². The van der Waals surface area contributed by atoms with E-state index in [0.29, 0.717) is 0 Å². The molecule has 1 aromatic rings. The minimum absolute atomic E-state index is 0.0138. The van der Waals surface area contributed by atoms with E-state index >= 15 is 0 Å². The van der Waals surface area contributed by atoms with Gasteiger partial charge in [0, 0.05) is 11.8 Å². The summed E-state index contributed by atoms with van der Waals surface area (Å²) in [5, 5.41) is 3.90. The van der Waals surface area contributed by atoms with Crippen molar-refractivity contribution in [1.29, 1.82) is 0 Å². The molecular weight excluding hydrogens is 194 g/mol. The van der Waals surface area contributed by atoms with Crippen LogP contribution in [0.5, 0.6) is 0 Å². The molecule has 0 N–H and O–H groups in total. The monoisotopic (exact) mass is 209 g/mol. The molecule has 0 aliphatic heterocycles. The van der Waals surface area contributed by atoms with Crippen LogP contribution >= 0.6 is 0 Å². The van der Waals surface area contributed by atoms with Gasteiger partial charge in [0.15, 0.2) is 5.78 Å². The number of aromatic nitrogens is 3. The van der Waals surface area contributed by atoms with Crippen LogP contribution in [0.3, 0.4) is 0 Å². The zero-order valence-electron chi connectivity index (χ0n) is 9.17. The molecular formula is C10H15N3O2. The first-order valence-corrected chi connectivity index (χ1v) is 4.79. The first-order chi connectivity index (χ1) is 6.96. The van der Waals surface area contributed by atoms with Gasteiger partial charge in [-0.15, -0.1) is 0 Å². The summed E-state index contributed by atoms with van der Waals surface area (Å²) >= 11 is 0. The average Bonchev–Trinajstić information content (AvgIpc) is 2.64. The summed E-state index contributed by atoms with van der Waals surface area (Å²) in [5.41, 5.74) is -0.486. The van der Waals surface area contributed by atoms with Crippen LogP contribution in [0.4, 0.5) is 0 Å². The van der Waals surface area contributed by atoms with Crippen molar-refractivity contribution in [2.45, 2.75) is 33.2 Å². The van der Waals surface area contributed by atoms with Crippen LogP contribution in [-0.2, 0) is 9.59 Å². The molecule has 0 amide bonds. The van der Waals surface area contributed by atoms with E-state index in [4.69, 9.17) is 0 Å². The number of ketones is 1. The van der Waals surface area contributed by atoms with Gasteiger partial charge in [-0.25, -0.2) is 9.67 Å². The smallest absolute Gasteiger partial charge is 0.163 e. The van der Waals surface area contributed by atoms with Gasteiger partial charge in [-0.05, 0) is 0 Å². The molecule has 0 aromatic carbocycles. The third kappa shape index (κ3) is 2.71. The van der Waals surface area contributed by atoms with Crippen LogP contribution in [0.2, 0.25) is 0 Å². The molecule has 82 valence electrons. The van der Waals surface area contributed by atoms with Gasteiger partial charge < -0.3 is 4.79 Å². The third-order valence-electron chi connectivity index (χ3n) is 2.12. The number of carbonyl (C=O) groups is 2. The summed E-state index contributed by atoms with van der Waals surface area (Å²) in [6.45, 7) is 5.47. The third-order valence-corrected chi connectivity index (χ3v) is 2.12. The van der Waals surface area contributed by atoms with Gasteiger partial charge in [0.2, 0.25) is 0 Å². The Kier molecular flexibility index (Phi) is 3.34. The van der Waals surface area contributed by atoms with Crippen molar-refractivity contribution in [2.24, 2.45) is 5.41 Å². The van der Waals surface area contributed by atoms with Crippen molar-refractivity contribution >= 4 is 12.1 Å². The molecule has 5 nitrogen and oxygen atoms in total. The Bertz CT molecular complexity index is 338. The van der Waals surface area contributed by atoms with Crippen LogP contribution in [0.25, 0.3) is 0 Å². The molecule has 15 heavy (non-hydrogen) atoms. The molecule has 0 saturated heterocycles. The van der Waals surface area contributed by atoms with Crippen molar-refractivity contribution in [1.82, 2.24) is 14.8 Å². The lowest BCUT2D eigenvalue weighted by Crippen LogP contribution is -2.31. The number of rotatable bonds is 4. The Morgan fingerprint density at radius 1 is 1.53 bits per heavy atom. The fourth-order valence-corrected chi connectivity index (χ4v) is 1.30. The molecule has 1 heterocycles. The highest BCUT2D eigenvalue weighted by Gasteiger charge is 2.30. The Morgan fingerprint density at radius 2 is 2.20 bits per heavy atom. The molecule has 0 radical (unpaired) electrons. The summed E-state index contributed by atoms with van der Waals surface area (Å²) < 4.78 is 1.43. The van der Waals surface area contributed by atoms with Crippen LogP contribution in [0.1, 0.15) is 33.2 Å². The SMILES string of the molecule is CC(C)(C)C(=O)C(CC=O)n1cncn1. The van der Waals surface area contributed by atoms with Gasteiger partial charge in [0.25, 0.3) is 0 Å². The molecule has 1 atom stereocenters. The Balaban J connectivity index is 2.93. The molecule has 1 unspecified atom stereocenters. The maximum Gasteiger partial charge on any atom is 0.163 e. The topological polar surface area (TPSA) is 64.8 Å². The lowest BCUT2D eigenvalue weighted by Gasteiger charge is -2.23. The van der Waals surface area contributed by atoms with Crippen molar-refractivity contribution in [3.63, 3.8) is 0 Å². The average molecular weight is 209 g/mol. The molecule has 5 heteroatoms. The van der Waals surface area contributed by atoms with Crippen molar-refractivity contribution in [3.8, 4) is 0 Å². The largest absolute Gasteiger partial charge is 0.303 e. The van der Waals surface area contributed by atoms with Gasteiger partial charge in [-0.1, -0.05) is 20.8 Å². The van der Waals surface area contributed by atoms with Crippen LogP contribution in [0, 0.1) is 5.41 Å².